The van der Waals surface area contributed by atoms with Crippen molar-refractivity contribution in [2.45, 2.75) is 6.54 Å². The van der Waals surface area contributed by atoms with E-state index >= 15 is 0 Å². The molecule has 0 radical (unpaired) electrons. The summed E-state index contributed by atoms with van der Waals surface area (Å²) in [5.41, 5.74) is 1.41. The molecule has 0 spiro atoms. The molecule has 3 heterocycles. The number of amides is 1. The van der Waals surface area contributed by atoms with Crippen molar-refractivity contribution in [2.75, 3.05) is 17.7 Å². The lowest BCUT2D eigenvalue weighted by molar-refractivity contribution is -0.116. The Bertz CT molecular complexity index is 1140. The number of nitrogens with zero attached hydrogens (tertiary/aromatic N) is 6. The van der Waals surface area contributed by atoms with E-state index in [1.807, 2.05) is 30.3 Å². The third-order valence-electron chi connectivity index (χ3n) is 4.09. The van der Waals surface area contributed by atoms with E-state index in [-0.39, 0.29) is 18.3 Å². The fourth-order valence-electron chi connectivity index (χ4n) is 2.75. The van der Waals surface area contributed by atoms with Crippen molar-refractivity contribution in [2.24, 2.45) is 0 Å². The van der Waals surface area contributed by atoms with Crippen molar-refractivity contribution in [3.8, 4) is 17.1 Å². The van der Waals surface area contributed by atoms with Gasteiger partial charge in [0.1, 0.15) is 12.4 Å². The monoisotopic (exact) mass is 392 g/mol. The summed E-state index contributed by atoms with van der Waals surface area (Å²) in [5.74, 6) is 0.139. The minimum Gasteiger partial charge on any atom is -0.371 e. The predicted molar refractivity (Wildman–Crippen MR) is 105 cm³/mol. The molecule has 0 atom stereocenters. The fourth-order valence-corrected chi connectivity index (χ4v) is 2.75. The Kier molecular flexibility index (Phi) is 4.97. The maximum atomic E-state index is 13.5. The van der Waals surface area contributed by atoms with E-state index in [2.05, 4.69) is 30.8 Å². The van der Waals surface area contributed by atoms with Gasteiger partial charge in [0, 0.05) is 19.3 Å². The van der Waals surface area contributed by atoms with Crippen molar-refractivity contribution in [1.29, 1.82) is 0 Å². The van der Waals surface area contributed by atoms with Crippen LogP contribution in [-0.4, -0.2) is 42.5 Å². The summed E-state index contributed by atoms with van der Waals surface area (Å²) in [6.45, 7) is -0.0138. The van der Waals surface area contributed by atoms with Crippen LogP contribution in [0.4, 0.5) is 16.0 Å². The fraction of sp³-hybridized carbons (Fsp3) is 0.105. The predicted octanol–water partition coefficient (Wildman–Crippen LogP) is 2.35. The third-order valence-corrected chi connectivity index (χ3v) is 4.09. The normalized spacial score (nSPS) is 10.7. The molecule has 146 valence electrons. The van der Waals surface area contributed by atoms with Gasteiger partial charge in [0.05, 0.1) is 29.8 Å². The summed E-state index contributed by atoms with van der Waals surface area (Å²) >= 11 is 0. The smallest absolute Gasteiger partial charge is 0.247 e. The van der Waals surface area contributed by atoms with Crippen LogP contribution < -0.4 is 10.6 Å². The van der Waals surface area contributed by atoms with Gasteiger partial charge in [-0.1, -0.05) is 18.2 Å². The van der Waals surface area contributed by atoms with Gasteiger partial charge in [-0.05, 0) is 12.1 Å². The molecule has 29 heavy (non-hydrogen) atoms. The van der Waals surface area contributed by atoms with Gasteiger partial charge in [0.25, 0.3) is 0 Å². The van der Waals surface area contributed by atoms with Crippen LogP contribution in [0.1, 0.15) is 0 Å². The first-order valence-corrected chi connectivity index (χ1v) is 8.76. The zero-order valence-electron chi connectivity index (χ0n) is 15.5. The number of halogens is 1. The van der Waals surface area contributed by atoms with Crippen LogP contribution in [-0.2, 0) is 11.3 Å². The Labute approximate surface area is 165 Å². The minimum atomic E-state index is -0.543. The second-order valence-electron chi connectivity index (χ2n) is 6.08. The molecule has 0 aliphatic rings. The van der Waals surface area contributed by atoms with E-state index < -0.39 is 5.82 Å². The average molecular weight is 392 g/mol. The molecule has 0 unspecified atom stereocenters. The lowest BCUT2D eigenvalue weighted by Gasteiger charge is -2.09. The topological polar surface area (TPSA) is 103 Å². The molecule has 4 aromatic rings. The van der Waals surface area contributed by atoms with Crippen LogP contribution in [0.2, 0.25) is 0 Å². The highest BCUT2D eigenvalue weighted by molar-refractivity contribution is 5.90. The average Bonchev–Trinajstić information content (AvgIpc) is 3.38. The molecule has 0 saturated carbocycles. The van der Waals surface area contributed by atoms with Gasteiger partial charge in [0.15, 0.2) is 17.5 Å². The number of hydrogen-bond acceptors (Lipinski definition) is 6. The van der Waals surface area contributed by atoms with Crippen LogP contribution in [0.25, 0.3) is 17.1 Å². The molecule has 3 aromatic heterocycles. The first kappa shape index (κ1) is 18.3. The highest BCUT2D eigenvalue weighted by Gasteiger charge is 2.12. The van der Waals surface area contributed by atoms with Gasteiger partial charge in [-0.25, -0.2) is 19.0 Å². The maximum Gasteiger partial charge on any atom is 0.247 e. The molecular weight excluding hydrogens is 375 g/mol. The Hall–Kier alpha value is -4.08. The Morgan fingerprint density at radius 3 is 2.76 bits per heavy atom. The first-order chi connectivity index (χ1) is 14.1. The van der Waals surface area contributed by atoms with Crippen molar-refractivity contribution in [3.63, 3.8) is 0 Å². The molecule has 0 aliphatic heterocycles. The summed E-state index contributed by atoms with van der Waals surface area (Å²) in [6, 6.07) is 11.2. The van der Waals surface area contributed by atoms with Crippen LogP contribution >= 0.6 is 0 Å². The second-order valence-corrected chi connectivity index (χ2v) is 6.08. The van der Waals surface area contributed by atoms with E-state index in [0.29, 0.717) is 17.2 Å². The summed E-state index contributed by atoms with van der Waals surface area (Å²) in [7, 11) is 1.57. The molecular formula is C19H17FN8O. The number of rotatable bonds is 6. The SMILES string of the molecule is CNc1nc(-c2cnn(CC(=O)Nc3ccnn3-c3ccccc3)c2)ncc1F. The molecule has 9 nitrogen and oxygen atoms in total. The van der Waals surface area contributed by atoms with E-state index in [1.54, 1.807) is 30.2 Å². The van der Waals surface area contributed by atoms with Crippen LogP contribution in [0, 0.1) is 5.82 Å². The van der Waals surface area contributed by atoms with Crippen LogP contribution in [0.5, 0.6) is 0 Å². The largest absolute Gasteiger partial charge is 0.371 e. The second kappa shape index (κ2) is 7.89. The van der Waals surface area contributed by atoms with Gasteiger partial charge in [-0.2, -0.15) is 10.2 Å². The lowest BCUT2D eigenvalue weighted by Crippen LogP contribution is -2.20. The molecule has 0 fully saturated rings. The number of para-hydroxylation sites is 1. The molecule has 4 rings (SSSR count). The number of hydrogen-bond donors (Lipinski definition) is 2. The summed E-state index contributed by atoms with van der Waals surface area (Å²) in [4.78, 5) is 20.5. The van der Waals surface area contributed by atoms with E-state index in [1.165, 1.54) is 10.9 Å². The van der Waals surface area contributed by atoms with E-state index in [4.69, 9.17) is 0 Å². The highest BCUT2D eigenvalue weighted by Crippen LogP contribution is 2.18. The molecule has 0 saturated heterocycles. The minimum absolute atomic E-state index is 0.0138. The number of anilines is 2. The Morgan fingerprint density at radius 2 is 1.97 bits per heavy atom. The zero-order chi connectivity index (χ0) is 20.2. The van der Waals surface area contributed by atoms with E-state index in [9.17, 15) is 9.18 Å². The first-order valence-electron chi connectivity index (χ1n) is 8.76. The standard InChI is InChI=1S/C19H17FN8O/c1-21-19-15(20)10-22-18(26-19)13-9-24-27(11-13)12-17(29)25-16-7-8-23-28(16)14-5-3-2-4-6-14/h2-11H,12H2,1H3,(H,25,29)(H,21,22,26). The number of carbonyl (C=O) groups excluding carboxylic acids is 1. The highest BCUT2D eigenvalue weighted by atomic mass is 19.1. The molecule has 2 N–H and O–H groups in total. The van der Waals surface area contributed by atoms with Crippen molar-refractivity contribution < 1.29 is 9.18 Å². The lowest BCUT2D eigenvalue weighted by atomic mass is 10.3. The summed E-state index contributed by atoms with van der Waals surface area (Å²) in [5, 5.41) is 13.9. The van der Waals surface area contributed by atoms with Crippen LogP contribution in [0.3, 0.4) is 0 Å². The summed E-state index contributed by atoms with van der Waals surface area (Å²) in [6.07, 6.45) is 5.84. The quantitative estimate of drug-likeness (QED) is 0.522. The number of nitrogens with one attached hydrogen (secondary N) is 2. The Morgan fingerprint density at radius 1 is 1.14 bits per heavy atom. The van der Waals surface area contributed by atoms with Gasteiger partial charge in [-0.3, -0.25) is 9.48 Å². The number of carbonyl (C=O) groups is 1. The van der Waals surface area contributed by atoms with Gasteiger partial charge < -0.3 is 10.6 Å². The Balaban J connectivity index is 1.46. The molecule has 1 amide bonds. The number of aromatic nitrogens is 6. The molecule has 1 aromatic carbocycles. The van der Waals surface area contributed by atoms with Gasteiger partial charge in [-0.15, -0.1) is 0 Å². The van der Waals surface area contributed by atoms with Gasteiger partial charge in [0.2, 0.25) is 5.91 Å². The molecule has 10 heteroatoms. The van der Waals surface area contributed by atoms with E-state index in [0.717, 1.165) is 11.9 Å². The maximum absolute atomic E-state index is 13.5. The van der Waals surface area contributed by atoms with Gasteiger partial charge >= 0.3 is 0 Å². The van der Waals surface area contributed by atoms with Crippen molar-refractivity contribution >= 4 is 17.5 Å². The van der Waals surface area contributed by atoms with Crippen LogP contribution in [0.15, 0.2) is 61.2 Å². The third kappa shape index (κ3) is 3.95. The summed E-state index contributed by atoms with van der Waals surface area (Å²) < 4.78 is 16.6. The zero-order valence-corrected chi connectivity index (χ0v) is 15.5. The van der Waals surface area contributed by atoms with Crippen molar-refractivity contribution in [1.82, 2.24) is 29.5 Å². The number of benzene rings is 1. The van der Waals surface area contributed by atoms with Crippen molar-refractivity contribution in [3.05, 3.63) is 67.0 Å². The molecule has 0 bridgehead atoms. The molecule has 0 aliphatic carbocycles.